The second-order valence-electron chi connectivity index (χ2n) is 7.64. The lowest BCUT2D eigenvalue weighted by Crippen LogP contribution is -2.38. The van der Waals surface area contributed by atoms with Crippen LogP contribution in [0.15, 0.2) is 41.5 Å². The first-order valence-electron chi connectivity index (χ1n) is 9.42. The lowest BCUT2D eigenvalue weighted by atomic mass is 9.65. The molecule has 2 unspecified atom stereocenters. The Balaban J connectivity index is 1.82. The zero-order chi connectivity index (χ0) is 19.5. The smallest absolute Gasteiger partial charge is 0.248 e. The zero-order valence-corrected chi connectivity index (χ0v) is 15.8. The van der Waals surface area contributed by atoms with Crippen molar-refractivity contribution in [3.05, 3.63) is 42.0 Å². The highest BCUT2D eigenvalue weighted by molar-refractivity contribution is 6.13. The molecule has 1 aliphatic heterocycles. The van der Waals surface area contributed by atoms with E-state index in [1.165, 1.54) is 0 Å². The Kier molecular flexibility index (Phi) is 3.50. The summed E-state index contributed by atoms with van der Waals surface area (Å²) >= 11 is 0. The Morgan fingerprint density at radius 2 is 2.14 bits per heavy atom. The number of para-hydroxylation sites is 1. The third-order valence-corrected chi connectivity index (χ3v) is 6.35. The number of aromatic nitrogens is 1. The van der Waals surface area contributed by atoms with Crippen LogP contribution in [0.5, 0.6) is 5.75 Å². The van der Waals surface area contributed by atoms with Gasteiger partial charge in [-0.15, -0.1) is 0 Å². The highest BCUT2D eigenvalue weighted by Gasteiger charge is 2.46. The second-order valence-corrected chi connectivity index (χ2v) is 7.64. The fraction of sp³-hybridized carbons (Fsp3) is 0.318. The van der Waals surface area contributed by atoms with Crippen LogP contribution in [0.3, 0.4) is 0 Å². The van der Waals surface area contributed by atoms with E-state index in [2.05, 4.69) is 33.3 Å². The van der Waals surface area contributed by atoms with Crippen LogP contribution in [-0.4, -0.2) is 23.3 Å². The third kappa shape index (κ3) is 2.07. The maximum Gasteiger partial charge on any atom is 0.248 e. The molecule has 6 heteroatoms. The predicted molar refractivity (Wildman–Crippen MR) is 107 cm³/mol. The number of hydrazone groups is 1. The van der Waals surface area contributed by atoms with Crippen molar-refractivity contribution in [1.29, 1.82) is 5.26 Å². The van der Waals surface area contributed by atoms with E-state index in [1.807, 2.05) is 31.3 Å². The summed E-state index contributed by atoms with van der Waals surface area (Å²) in [6.07, 6.45) is 1.76. The average Bonchev–Trinajstić information content (AvgIpc) is 3.25. The molecule has 1 amide bonds. The summed E-state index contributed by atoms with van der Waals surface area (Å²) in [7, 11) is 3.68. The average molecular weight is 372 g/mol. The summed E-state index contributed by atoms with van der Waals surface area (Å²) in [5.74, 6) is 0.361. The molecule has 1 aromatic heterocycles. The van der Waals surface area contributed by atoms with E-state index >= 15 is 0 Å². The van der Waals surface area contributed by atoms with Crippen molar-refractivity contribution in [3.63, 3.8) is 0 Å². The minimum absolute atomic E-state index is 0.1000. The van der Waals surface area contributed by atoms with Gasteiger partial charge in [-0.3, -0.25) is 4.79 Å². The third-order valence-electron chi connectivity index (χ3n) is 6.35. The molecular formula is C22H20N4O2. The molecule has 6 nitrogen and oxygen atoms in total. The first kappa shape index (κ1) is 16.8. The van der Waals surface area contributed by atoms with Crippen molar-refractivity contribution in [2.45, 2.75) is 24.7 Å². The predicted octanol–water partition coefficient (Wildman–Crippen LogP) is 3.39. The number of methoxy groups -OCH3 is 1. The van der Waals surface area contributed by atoms with Gasteiger partial charge >= 0.3 is 0 Å². The molecule has 1 saturated carbocycles. The molecule has 0 saturated heterocycles. The summed E-state index contributed by atoms with van der Waals surface area (Å²) < 4.78 is 7.77. The van der Waals surface area contributed by atoms with Crippen LogP contribution in [0.25, 0.3) is 21.8 Å². The van der Waals surface area contributed by atoms with Gasteiger partial charge in [0.1, 0.15) is 5.75 Å². The number of carbonyl (C=O) groups is 1. The zero-order valence-electron chi connectivity index (χ0n) is 15.8. The molecule has 0 bridgehead atoms. The van der Waals surface area contributed by atoms with Crippen molar-refractivity contribution in [3.8, 4) is 11.8 Å². The van der Waals surface area contributed by atoms with Gasteiger partial charge in [0.05, 0.1) is 35.7 Å². The molecule has 1 aliphatic carbocycles. The minimum atomic E-state index is -0.736. The highest BCUT2D eigenvalue weighted by Crippen LogP contribution is 2.47. The minimum Gasteiger partial charge on any atom is -0.495 e. The Labute approximate surface area is 162 Å². The van der Waals surface area contributed by atoms with Crippen LogP contribution in [0.1, 0.15) is 24.8 Å². The van der Waals surface area contributed by atoms with E-state index in [-0.39, 0.29) is 11.8 Å². The van der Waals surface area contributed by atoms with Crippen LogP contribution >= 0.6 is 0 Å². The number of nitrogens with zero attached hydrogens (tertiary/aromatic N) is 3. The summed E-state index contributed by atoms with van der Waals surface area (Å²) in [5, 5.41) is 16.6. The van der Waals surface area contributed by atoms with Crippen LogP contribution in [-0.2, 0) is 17.3 Å². The molecule has 2 aliphatic rings. The van der Waals surface area contributed by atoms with Crippen molar-refractivity contribution < 1.29 is 9.53 Å². The van der Waals surface area contributed by atoms with Gasteiger partial charge in [0, 0.05) is 23.3 Å². The van der Waals surface area contributed by atoms with Crippen molar-refractivity contribution in [2.75, 3.05) is 7.11 Å². The topological polar surface area (TPSA) is 79.4 Å². The van der Waals surface area contributed by atoms with Gasteiger partial charge in [-0.25, -0.2) is 5.43 Å². The van der Waals surface area contributed by atoms with Crippen molar-refractivity contribution in [2.24, 2.45) is 18.1 Å². The van der Waals surface area contributed by atoms with Crippen molar-refractivity contribution >= 4 is 33.4 Å². The fourth-order valence-corrected chi connectivity index (χ4v) is 4.91. The van der Waals surface area contributed by atoms with Crippen LogP contribution in [0.2, 0.25) is 0 Å². The number of benzene rings is 2. The number of nitrogens with one attached hydrogen (secondary N) is 1. The number of rotatable bonds is 2. The van der Waals surface area contributed by atoms with Gasteiger partial charge in [0.2, 0.25) is 5.91 Å². The molecule has 0 spiro atoms. The van der Waals surface area contributed by atoms with Gasteiger partial charge in [-0.05, 0) is 37.0 Å². The number of ether oxygens (including phenoxy) is 1. The van der Waals surface area contributed by atoms with E-state index in [0.717, 1.165) is 38.8 Å². The van der Waals surface area contributed by atoms with Crippen LogP contribution in [0, 0.1) is 17.2 Å². The highest BCUT2D eigenvalue weighted by atomic mass is 16.5. The molecule has 3 aromatic rings. The number of aryl methyl sites for hydroxylation is 1. The molecule has 2 atom stereocenters. The van der Waals surface area contributed by atoms with Gasteiger partial charge in [0.15, 0.2) is 0 Å². The van der Waals surface area contributed by atoms with Crippen LogP contribution < -0.4 is 10.2 Å². The summed E-state index contributed by atoms with van der Waals surface area (Å²) in [4.78, 5) is 12.3. The number of carbonyl (C=O) groups excluding carboxylic acids is 1. The number of nitriles is 1. The molecule has 140 valence electrons. The molecule has 1 N–H and O–H groups in total. The molecular weight excluding hydrogens is 352 g/mol. The maximum atomic E-state index is 12.3. The quantitative estimate of drug-likeness (QED) is 0.749. The van der Waals surface area contributed by atoms with E-state index in [4.69, 9.17) is 4.74 Å². The molecule has 1 fully saturated rings. The largest absolute Gasteiger partial charge is 0.495 e. The number of fused-ring (bicyclic) bond motifs is 4. The number of amides is 1. The van der Waals surface area contributed by atoms with Gasteiger partial charge in [-0.2, -0.15) is 10.4 Å². The normalized spacial score (nSPS) is 24.0. The first-order chi connectivity index (χ1) is 13.6. The van der Waals surface area contributed by atoms with Gasteiger partial charge < -0.3 is 9.30 Å². The van der Waals surface area contributed by atoms with E-state index < -0.39 is 5.41 Å². The standard InChI is InChI=1S/C22H20N4O2/c1-26-17-6-4-3-5-13(17)19-15(7-8-18(28-2)20(19)26)22(12-23)10-9-16-14(11-22)21(27)25-24-16/h3-8,14H,9-11H2,1-2H3,(H,25,27). The SMILES string of the molecule is COc1ccc(C2(C#N)CCC3=NNC(=O)C3C2)c2c3ccccc3n(C)c12. The molecule has 0 radical (unpaired) electrons. The first-order valence-corrected chi connectivity index (χ1v) is 9.42. The Bertz CT molecular complexity index is 1220. The lowest BCUT2D eigenvalue weighted by Gasteiger charge is -2.34. The lowest BCUT2D eigenvalue weighted by molar-refractivity contribution is -0.122. The summed E-state index contributed by atoms with van der Waals surface area (Å²) in [6, 6.07) is 14.7. The molecule has 28 heavy (non-hydrogen) atoms. The Morgan fingerprint density at radius 1 is 1.32 bits per heavy atom. The number of hydrogen-bond acceptors (Lipinski definition) is 4. The van der Waals surface area contributed by atoms with Crippen LogP contribution in [0.4, 0.5) is 0 Å². The molecule has 5 rings (SSSR count). The maximum absolute atomic E-state index is 12.3. The summed E-state index contributed by atoms with van der Waals surface area (Å²) in [6.45, 7) is 0. The number of hydrogen-bond donors (Lipinski definition) is 1. The Morgan fingerprint density at radius 3 is 2.93 bits per heavy atom. The van der Waals surface area contributed by atoms with E-state index in [1.54, 1.807) is 7.11 Å². The van der Waals surface area contributed by atoms with Gasteiger partial charge in [-0.1, -0.05) is 24.3 Å². The molecule has 2 heterocycles. The van der Waals surface area contributed by atoms with E-state index in [0.29, 0.717) is 19.3 Å². The monoisotopic (exact) mass is 372 g/mol. The van der Waals surface area contributed by atoms with Crippen molar-refractivity contribution in [1.82, 2.24) is 9.99 Å². The molecule has 2 aromatic carbocycles. The van der Waals surface area contributed by atoms with Gasteiger partial charge in [0.25, 0.3) is 0 Å². The fourth-order valence-electron chi connectivity index (χ4n) is 4.91. The summed E-state index contributed by atoms with van der Waals surface area (Å²) in [5.41, 5.74) is 5.76. The van der Waals surface area contributed by atoms with E-state index in [9.17, 15) is 10.1 Å². The second kappa shape index (κ2) is 5.83. The Hall–Kier alpha value is -3.33.